The second-order valence-electron chi connectivity index (χ2n) is 12.6. The van der Waals surface area contributed by atoms with Gasteiger partial charge in [0, 0.05) is 53.8 Å². The zero-order valence-corrected chi connectivity index (χ0v) is 25.9. The van der Waals surface area contributed by atoms with E-state index in [9.17, 15) is 4.79 Å². The third-order valence-electron chi connectivity index (χ3n) is 8.44. The first kappa shape index (κ1) is 29.4. The number of allylic oxidation sites excluding steroid dienone is 1. The van der Waals surface area contributed by atoms with Gasteiger partial charge >= 0.3 is 0 Å². The van der Waals surface area contributed by atoms with Gasteiger partial charge in [0.25, 0.3) is 0 Å². The van der Waals surface area contributed by atoms with E-state index in [1.54, 1.807) is 4.52 Å². The summed E-state index contributed by atoms with van der Waals surface area (Å²) in [7, 11) is 0. The highest BCUT2D eigenvalue weighted by atomic mass is 16.1. The first-order valence-electron chi connectivity index (χ1n) is 15.3. The van der Waals surface area contributed by atoms with Gasteiger partial charge in [-0.3, -0.25) is 9.78 Å². The summed E-state index contributed by atoms with van der Waals surface area (Å²) in [5.74, 6) is 1.51. The van der Waals surface area contributed by atoms with Crippen LogP contribution in [0.2, 0.25) is 0 Å². The Hall–Kier alpha value is -4.63. The number of rotatable bonds is 10. The van der Waals surface area contributed by atoms with E-state index in [1.165, 1.54) is 6.08 Å². The maximum absolute atomic E-state index is 11.9. The number of fused-ring (bicyclic) bond motifs is 2. The number of hydrogen-bond donors (Lipinski definition) is 3. The molecule has 1 atom stereocenters. The molecule has 2 aromatic carbocycles. The predicted molar refractivity (Wildman–Crippen MR) is 177 cm³/mol. The smallest absolute Gasteiger partial charge is 0.229 e. The molecule has 0 spiro atoms. The minimum atomic E-state index is 0.00397. The number of nitrogens with zero attached hydrogens (tertiary/aromatic N) is 5. The van der Waals surface area contributed by atoms with Gasteiger partial charge in [0.05, 0.1) is 11.9 Å². The van der Waals surface area contributed by atoms with Gasteiger partial charge in [-0.1, -0.05) is 62.9 Å². The van der Waals surface area contributed by atoms with Gasteiger partial charge in [-0.2, -0.15) is 19.6 Å². The summed E-state index contributed by atoms with van der Waals surface area (Å²) in [5, 5.41) is 17.5. The summed E-state index contributed by atoms with van der Waals surface area (Å²) in [6.45, 7) is 13.8. The Morgan fingerprint density at radius 3 is 2.80 bits per heavy atom. The Morgan fingerprint density at radius 1 is 1.18 bits per heavy atom. The highest BCUT2D eigenvalue weighted by Crippen LogP contribution is 2.31. The molecule has 6 rings (SSSR count). The lowest BCUT2D eigenvalue weighted by atomic mass is 9.91. The first-order valence-corrected chi connectivity index (χ1v) is 15.3. The minimum absolute atomic E-state index is 0.00397. The van der Waals surface area contributed by atoms with Crippen molar-refractivity contribution in [2.24, 2.45) is 0 Å². The van der Waals surface area contributed by atoms with E-state index in [0.717, 1.165) is 63.8 Å². The average molecular weight is 589 g/mol. The average Bonchev–Trinajstić information content (AvgIpc) is 3.45. The van der Waals surface area contributed by atoms with Gasteiger partial charge in [-0.25, -0.2) is 0 Å². The fourth-order valence-electron chi connectivity index (χ4n) is 5.82. The van der Waals surface area contributed by atoms with Gasteiger partial charge in [0.2, 0.25) is 11.9 Å². The van der Waals surface area contributed by atoms with Crippen molar-refractivity contribution in [3.63, 3.8) is 0 Å². The van der Waals surface area contributed by atoms with E-state index in [-0.39, 0.29) is 23.3 Å². The summed E-state index contributed by atoms with van der Waals surface area (Å²) in [6.07, 6.45) is 7.55. The SMILES string of the molecule is C=CC(=O)Cc1ccc2c(-c3ccccc3CNc3nc(NC4CCC(C)(C)NC4)nc4c(C(C)C)cnn34)nccc2c1. The van der Waals surface area contributed by atoms with Crippen molar-refractivity contribution in [1.29, 1.82) is 0 Å². The van der Waals surface area contributed by atoms with Crippen LogP contribution in [0.1, 0.15) is 63.1 Å². The lowest BCUT2D eigenvalue weighted by molar-refractivity contribution is -0.114. The Morgan fingerprint density at radius 2 is 2.02 bits per heavy atom. The summed E-state index contributed by atoms with van der Waals surface area (Å²) >= 11 is 0. The maximum atomic E-state index is 11.9. The minimum Gasteiger partial charge on any atom is -0.350 e. The van der Waals surface area contributed by atoms with E-state index in [4.69, 9.17) is 15.0 Å². The van der Waals surface area contributed by atoms with Crippen molar-refractivity contribution >= 4 is 34.1 Å². The molecule has 0 aliphatic carbocycles. The normalized spacial score (nSPS) is 16.3. The standard InChI is InChI=1S/C35H40N8O/c1-6-27(44)18-23-11-12-29-24(17-23)14-16-36-31(29)28-10-8-7-9-25(28)19-37-34-42-33(40-26-13-15-35(4,5)38-20-26)41-32-30(22(2)3)21-39-43(32)34/h6-12,14,16-17,21-22,26,38H,1,13,15,18-20H2,2-5H3,(H2,37,40,41,42). The third kappa shape index (κ3) is 6.19. The summed E-state index contributed by atoms with van der Waals surface area (Å²) < 4.78 is 1.80. The topological polar surface area (TPSA) is 109 Å². The Kier molecular flexibility index (Phi) is 8.14. The number of anilines is 2. The number of hydrogen-bond acceptors (Lipinski definition) is 8. The second kappa shape index (κ2) is 12.2. The number of carbonyl (C=O) groups is 1. The summed E-state index contributed by atoms with van der Waals surface area (Å²) in [4.78, 5) is 26.5. The number of ketones is 1. The van der Waals surface area contributed by atoms with Crippen molar-refractivity contribution < 1.29 is 4.79 Å². The van der Waals surface area contributed by atoms with E-state index in [0.29, 0.717) is 24.9 Å². The van der Waals surface area contributed by atoms with E-state index >= 15 is 0 Å². The molecule has 1 aliphatic heterocycles. The van der Waals surface area contributed by atoms with Crippen LogP contribution in [0.25, 0.3) is 27.7 Å². The lowest BCUT2D eigenvalue weighted by Gasteiger charge is -2.36. The largest absolute Gasteiger partial charge is 0.350 e. The molecule has 3 N–H and O–H groups in total. The number of benzene rings is 2. The zero-order chi connectivity index (χ0) is 30.8. The molecule has 1 aliphatic rings. The molecule has 3 aromatic heterocycles. The molecule has 0 bridgehead atoms. The number of piperidine rings is 1. The van der Waals surface area contributed by atoms with Crippen LogP contribution in [-0.4, -0.2) is 48.5 Å². The molecule has 5 aromatic rings. The lowest BCUT2D eigenvalue weighted by Crippen LogP contribution is -2.50. The molecular weight excluding hydrogens is 548 g/mol. The van der Waals surface area contributed by atoms with Gasteiger partial charge in [0.15, 0.2) is 11.4 Å². The fraction of sp³-hybridized carbons (Fsp3) is 0.343. The second-order valence-corrected chi connectivity index (χ2v) is 12.6. The highest BCUT2D eigenvalue weighted by Gasteiger charge is 2.27. The molecule has 0 saturated carbocycles. The highest BCUT2D eigenvalue weighted by molar-refractivity contribution is 5.97. The Balaban J connectivity index is 1.31. The molecule has 1 unspecified atom stereocenters. The van der Waals surface area contributed by atoms with Gasteiger partial charge in [-0.05, 0) is 61.3 Å². The van der Waals surface area contributed by atoms with Crippen LogP contribution in [0.3, 0.4) is 0 Å². The molecule has 44 heavy (non-hydrogen) atoms. The number of carbonyl (C=O) groups excluding carboxylic acids is 1. The summed E-state index contributed by atoms with van der Waals surface area (Å²) in [6, 6.07) is 16.6. The first-order chi connectivity index (χ1) is 21.2. The molecule has 226 valence electrons. The fourth-order valence-corrected chi connectivity index (χ4v) is 5.82. The Labute approximate surface area is 258 Å². The van der Waals surface area contributed by atoms with Crippen LogP contribution in [0, 0.1) is 0 Å². The monoisotopic (exact) mass is 588 g/mol. The van der Waals surface area contributed by atoms with Crippen molar-refractivity contribution in [2.75, 3.05) is 17.2 Å². The maximum Gasteiger partial charge on any atom is 0.229 e. The molecule has 0 amide bonds. The van der Waals surface area contributed by atoms with Gasteiger partial charge in [-0.15, -0.1) is 0 Å². The van der Waals surface area contributed by atoms with E-state index in [1.807, 2.05) is 36.7 Å². The van der Waals surface area contributed by atoms with Gasteiger partial charge in [0.1, 0.15) is 0 Å². The summed E-state index contributed by atoms with van der Waals surface area (Å²) in [5.41, 5.74) is 5.99. The molecular formula is C35H40N8O. The molecule has 9 nitrogen and oxygen atoms in total. The quantitative estimate of drug-likeness (QED) is 0.163. The van der Waals surface area contributed by atoms with Crippen molar-refractivity contribution in [3.8, 4) is 11.3 Å². The van der Waals surface area contributed by atoms with E-state index in [2.05, 4.69) is 79.6 Å². The van der Waals surface area contributed by atoms with E-state index < -0.39 is 0 Å². The van der Waals surface area contributed by atoms with Crippen LogP contribution in [-0.2, 0) is 17.8 Å². The third-order valence-corrected chi connectivity index (χ3v) is 8.44. The molecule has 1 fully saturated rings. The van der Waals surface area contributed by atoms with Crippen LogP contribution in [0.4, 0.5) is 11.9 Å². The Bertz CT molecular complexity index is 1830. The van der Waals surface area contributed by atoms with Crippen LogP contribution >= 0.6 is 0 Å². The van der Waals surface area contributed by atoms with Gasteiger partial charge < -0.3 is 16.0 Å². The molecule has 4 heterocycles. The van der Waals surface area contributed by atoms with Crippen molar-refractivity contribution in [3.05, 3.63) is 90.3 Å². The molecule has 0 radical (unpaired) electrons. The van der Waals surface area contributed by atoms with Crippen molar-refractivity contribution in [2.45, 2.75) is 71.0 Å². The molecule has 9 heteroatoms. The predicted octanol–water partition coefficient (Wildman–Crippen LogP) is 6.32. The van der Waals surface area contributed by atoms with Crippen molar-refractivity contribution in [1.82, 2.24) is 29.9 Å². The number of pyridine rings is 1. The van der Waals surface area contributed by atoms with Crippen LogP contribution in [0.5, 0.6) is 0 Å². The number of nitrogens with one attached hydrogen (secondary N) is 3. The van der Waals surface area contributed by atoms with Crippen LogP contribution < -0.4 is 16.0 Å². The van der Waals surface area contributed by atoms with Crippen LogP contribution in [0.15, 0.2) is 73.6 Å². The molecule has 1 saturated heterocycles. The zero-order valence-electron chi connectivity index (χ0n) is 25.9. The number of aromatic nitrogens is 5.